The van der Waals surface area contributed by atoms with Crippen LogP contribution in [0.15, 0.2) is 30.5 Å². The first-order valence-electron chi connectivity index (χ1n) is 11.3. The molecule has 4 rings (SSSR count). The van der Waals surface area contributed by atoms with Gasteiger partial charge in [0.25, 0.3) is 11.8 Å². The number of aromatic nitrogens is 2. The predicted octanol–water partition coefficient (Wildman–Crippen LogP) is 4.04. The molecule has 3 heterocycles. The lowest BCUT2D eigenvalue weighted by Crippen LogP contribution is -2.48. The van der Waals surface area contributed by atoms with Crippen LogP contribution in [0.25, 0.3) is 0 Å². The van der Waals surface area contributed by atoms with Crippen LogP contribution in [0.2, 0.25) is 5.02 Å². The SMILES string of the molecule is Cc1nccc(C(=O)N2CCC3(CCCCCOc4ccc(Cl)cc4C(=O)NC3)CC2)n1. The molecule has 1 saturated heterocycles. The number of hydrogen-bond donors (Lipinski definition) is 1. The van der Waals surface area contributed by atoms with Gasteiger partial charge in [0.1, 0.15) is 17.3 Å². The van der Waals surface area contributed by atoms with E-state index in [1.807, 2.05) is 4.90 Å². The molecule has 2 aromatic rings. The van der Waals surface area contributed by atoms with Crippen LogP contribution in [0.4, 0.5) is 0 Å². The van der Waals surface area contributed by atoms with Crippen LogP contribution >= 0.6 is 11.6 Å². The van der Waals surface area contributed by atoms with Gasteiger partial charge in [0.05, 0.1) is 12.2 Å². The Kier molecular flexibility index (Phi) is 6.94. The second-order valence-corrected chi connectivity index (χ2v) is 9.20. The van der Waals surface area contributed by atoms with E-state index in [0.717, 1.165) is 38.5 Å². The van der Waals surface area contributed by atoms with Crippen LogP contribution in [0.1, 0.15) is 65.2 Å². The highest BCUT2D eigenvalue weighted by Crippen LogP contribution is 2.37. The summed E-state index contributed by atoms with van der Waals surface area (Å²) >= 11 is 6.13. The van der Waals surface area contributed by atoms with Crippen molar-refractivity contribution in [3.05, 3.63) is 52.6 Å². The molecule has 1 fully saturated rings. The Hall–Kier alpha value is -2.67. The number of fused-ring (bicyclic) bond motifs is 1. The van der Waals surface area contributed by atoms with Crippen molar-refractivity contribution < 1.29 is 14.3 Å². The Balaban J connectivity index is 1.46. The smallest absolute Gasteiger partial charge is 0.272 e. The Bertz CT molecular complexity index is 989. The summed E-state index contributed by atoms with van der Waals surface area (Å²) in [5.74, 6) is 0.943. The first-order valence-corrected chi connectivity index (χ1v) is 11.6. The van der Waals surface area contributed by atoms with Gasteiger partial charge in [-0.1, -0.05) is 24.4 Å². The number of ether oxygens (including phenoxy) is 1. The number of amides is 2. The summed E-state index contributed by atoms with van der Waals surface area (Å²) in [4.78, 5) is 36.1. The number of carbonyl (C=O) groups is 2. The molecule has 32 heavy (non-hydrogen) atoms. The number of halogens is 1. The molecule has 7 nitrogen and oxygen atoms in total. The molecule has 0 bridgehead atoms. The molecule has 2 aliphatic rings. The molecular weight excluding hydrogens is 428 g/mol. The Morgan fingerprint density at radius 3 is 2.75 bits per heavy atom. The highest BCUT2D eigenvalue weighted by Gasteiger charge is 2.36. The molecule has 2 amide bonds. The van der Waals surface area contributed by atoms with Gasteiger partial charge in [-0.25, -0.2) is 9.97 Å². The Labute approximate surface area is 193 Å². The van der Waals surface area contributed by atoms with Gasteiger partial charge in [0.2, 0.25) is 0 Å². The van der Waals surface area contributed by atoms with Crippen LogP contribution in [-0.2, 0) is 0 Å². The van der Waals surface area contributed by atoms with Crippen LogP contribution in [0, 0.1) is 12.3 Å². The van der Waals surface area contributed by atoms with Gasteiger partial charge < -0.3 is 15.0 Å². The van der Waals surface area contributed by atoms with Gasteiger partial charge in [-0.3, -0.25) is 9.59 Å². The fourth-order valence-electron chi connectivity index (χ4n) is 4.57. The van der Waals surface area contributed by atoms with Gasteiger partial charge in [0.15, 0.2) is 0 Å². The second kappa shape index (κ2) is 9.86. The number of carbonyl (C=O) groups excluding carboxylic acids is 2. The largest absolute Gasteiger partial charge is 0.493 e. The Morgan fingerprint density at radius 1 is 1.16 bits per heavy atom. The van der Waals surface area contributed by atoms with Crippen molar-refractivity contribution in [3.8, 4) is 5.75 Å². The predicted molar refractivity (Wildman–Crippen MR) is 122 cm³/mol. The number of aryl methyl sites for hydroxylation is 1. The summed E-state index contributed by atoms with van der Waals surface area (Å²) in [6.07, 6.45) is 7.43. The summed E-state index contributed by atoms with van der Waals surface area (Å²) in [6.45, 7) is 4.25. The molecule has 0 radical (unpaired) electrons. The number of rotatable bonds is 1. The summed E-state index contributed by atoms with van der Waals surface area (Å²) in [6, 6.07) is 6.83. The molecule has 0 aliphatic carbocycles. The van der Waals surface area contributed by atoms with Crippen molar-refractivity contribution in [1.29, 1.82) is 0 Å². The molecular formula is C24H29ClN4O3. The average Bonchev–Trinajstić information content (AvgIpc) is 2.80. The number of piperidine rings is 1. The van der Waals surface area contributed by atoms with E-state index in [-0.39, 0.29) is 17.2 Å². The molecule has 1 spiro atoms. The highest BCUT2D eigenvalue weighted by atomic mass is 35.5. The van der Waals surface area contributed by atoms with E-state index < -0.39 is 0 Å². The third-order valence-electron chi connectivity index (χ3n) is 6.53. The van der Waals surface area contributed by atoms with Crippen molar-refractivity contribution in [2.45, 2.75) is 45.4 Å². The van der Waals surface area contributed by atoms with E-state index in [1.54, 1.807) is 37.4 Å². The summed E-state index contributed by atoms with van der Waals surface area (Å²) in [5.41, 5.74) is 0.890. The van der Waals surface area contributed by atoms with E-state index in [0.29, 0.717) is 54.1 Å². The van der Waals surface area contributed by atoms with Crippen LogP contribution < -0.4 is 10.1 Å². The lowest BCUT2D eigenvalue weighted by atomic mass is 9.74. The zero-order valence-corrected chi connectivity index (χ0v) is 19.2. The molecule has 2 aliphatic heterocycles. The van der Waals surface area contributed by atoms with Gasteiger partial charge in [-0.15, -0.1) is 0 Å². The average molecular weight is 457 g/mol. The minimum atomic E-state index is -0.169. The van der Waals surface area contributed by atoms with Crippen molar-refractivity contribution >= 4 is 23.4 Å². The topological polar surface area (TPSA) is 84.4 Å². The third kappa shape index (κ3) is 5.21. The minimum absolute atomic E-state index is 0.0210. The standard InChI is InChI=1S/C24H29ClN4O3/c1-17-26-11-7-20(28-17)23(31)29-12-9-24(10-13-29)8-3-2-4-14-32-21-6-5-18(25)15-19(21)22(30)27-16-24/h5-7,11,15H,2-4,8-10,12-14,16H2,1H3,(H,27,30). The summed E-state index contributed by atoms with van der Waals surface area (Å²) < 4.78 is 5.84. The maximum Gasteiger partial charge on any atom is 0.272 e. The van der Waals surface area contributed by atoms with E-state index in [4.69, 9.17) is 16.3 Å². The molecule has 0 atom stereocenters. The molecule has 170 valence electrons. The lowest BCUT2D eigenvalue weighted by Gasteiger charge is -2.42. The van der Waals surface area contributed by atoms with E-state index in [1.165, 1.54) is 0 Å². The number of nitrogens with one attached hydrogen (secondary N) is 1. The monoisotopic (exact) mass is 456 g/mol. The fourth-order valence-corrected chi connectivity index (χ4v) is 4.74. The van der Waals surface area contributed by atoms with Crippen molar-refractivity contribution in [2.24, 2.45) is 5.41 Å². The van der Waals surface area contributed by atoms with Gasteiger partial charge in [0, 0.05) is 30.9 Å². The molecule has 0 saturated carbocycles. The number of benzene rings is 1. The molecule has 1 aromatic heterocycles. The highest BCUT2D eigenvalue weighted by molar-refractivity contribution is 6.31. The first kappa shape index (κ1) is 22.5. The van der Waals surface area contributed by atoms with E-state index >= 15 is 0 Å². The van der Waals surface area contributed by atoms with Crippen molar-refractivity contribution in [3.63, 3.8) is 0 Å². The van der Waals surface area contributed by atoms with Gasteiger partial charge in [-0.05, 0) is 62.3 Å². The number of likely N-dealkylation sites (tertiary alicyclic amines) is 1. The van der Waals surface area contributed by atoms with Crippen LogP contribution in [0.5, 0.6) is 5.75 Å². The molecule has 1 N–H and O–H groups in total. The Morgan fingerprint density at radius 2 is 1.97 bits per heavy atom. The van der Waals surface area contributed by atoms with Crippen LogP contribution in [-0.4, -0.2) is 52.9 Å². The summed E-state index contributed by atoms with van der Waals surface area (Å²) in [5, 5.41) is 3.64. The lowest BCUT2D eigenvalue weighted by molar-refractivity contribution is 0.0528. The zero-order chi connectivity index (χ0) is 22.6. The molecule has 8 heteroatoms. The van der Waals surface area contributed by atoms with Crippen LogP contribution in [0.3, 0.4) is 0 Å². The first-order chi connectivity index (χ1) is 15.5. The maximum absolute atomic E-state index is 13.0. The van der Waals surface area contributed by atoms with E-state index in [9.17, 15) is 9.59 Å². The quantitative estimate of drug-likeness (QED) is 0.699. The second-order valence-electron chi connectivity index (χ2n) is 8.76. The minimum Gasteiger partial charge on any atom is -0.493 e. The normalized spacial score (nSPS) is 19.2. The maximum atomic E-state index is 13.0. The third-order valence-corrected chi connectivity index (χ3v) is 6.76. The molecule has 1 aromatic carbocycles. The van der Waals surface area contributed by atoms with Crippen molar-refractivity contribution in [1.82, 2.24) is 20.2 Å². The molecule has 0 unspecified atom stereocenters. The number of nitrogens with zero attached hydrogens (tertiary/aromatic N) is 3. The zero-order valence-electron chi connectivity index (χ0n) is 18.4. The van der Waals surface area contributed by atoms with E-state index in [2.05, 4.69) is 15.3 Å². The van der Waals surface area contributed by atoms with Gasteiger partial charge >= 0.3 is 0 Å². The summed E-state index contributed by atoms with van der Waals surface area (Å²) in [7, 11) is 0. The van der Waals surface area contributed by atoms with Crippen molar-refractivity contribution in [2.75, 3.05) is 26.2 Å². The number of hydrogen-bond acceptors (Lipinski definition) is 5. The van der Waals surface area contributed by atoms with Gasteiger partial charge in [-0.2, -0.15) is 0 Å². The fraction of sp³-hybridized carbons (Fsp3) is 0.500.